The molecule has 0 radical (unpaired) electrons. The van der Waals surface area contributed by atoms with E-state index in [1.165, 1.54) is 0 Å². The van der Waals surface area contributed by atoms with Crippen molar-refractivity contribution in [2.75, 3.05) is 13.6 Å². The normalized spacial score (nSPS) is 25.9. The fourth-order valence-electron chi connectivity index (χ4n) is 1.27. The van der Waals surface area contributed by atoms with E-state index in [9.17, 15) is 4.79 Å². The molecule has 1 atom stereocenters. The molecule has 1 fully saturated rings. The number of carbonyl (C=O) groups excluding carboxylic acids is 1. The molecule has 0 aromatic carbocycles. The lowest BCUT2D eigenvalue weighted by Crippen LogP contribution is -2.37. The van der Waals surface area contributed by atoms with E-state index in [1.54, 1.807) is 0 Å². The maximum Gasteiger partial charge on any atom is 0.234 e. The van der Waals surface area contributed by atoms with Gasteiger partial charge in [-0.2, -0.15) is 0 Å². The van der Waals surface area contributed by atoms with E-state index in [0.29, 0.717) is 0 Å². The van der Waals surface area contributed by atoms with Gasteiger partial charge in [0, 0.05) is 0 Å². The minimum Gasteiger partial charge on any atom is -0.368 e. The van der Waals surface area contributed by atoms with Crippen LogP contribution in [-0.2, 0) is 4.79 Å². The van der Waals surface area contributed by atoms with Crippen LogP contribution in [0.3, 0.4) is 0 Å². The molecule has 0 aromatic rings. The van der Waals surface area contributed by atoms with Gasteiger partial charge in [0.2, 0.25) is 5.91 Å². The van der Waals surface area contributed by atoms with Crippen molar-refractivity contribution < 1.29 is 4.79 Å². The zero-order valence-electron chi connectivity index (χ0n) is 6.04. The second kappa shape index (κ2) is 3.78. The van der Waals surface area contributed by atoms with Crippen molar-refractivity contribution in [3.05, 3.63) is 0 Å². The second-order valence-corrected chi connectivity index (χ2v) is 2.54. The molecule has 0 spiro atoms. The zero-order valence-corrected chi connectivity index (χ0v) is 6.86. The summed E-state index contributed by atoms with van der Waals surface area (Å²) in [5.74, 6) is -0.185. The maximum atomic E-state index is 10.6. The van der Waals surface area contributed by atoms with Crippen molar-refractivity contribution in [3.63, 3.8) is 0 Å². The molecule has 0 saturated carbocycles. The van der Waals surface area contributed by atoms with E-state index >= 15 is 0 Å². The number of nitrogens with zero attached hydrogens (tertiary/aromatic N) is 1. The molecule has 2 N–H and O–H groups in total. The summed E-state index contributed by atoms with van der Waals surface area (Å²) in [6.07, 6.45) is 2.04. The molecule has 1 saturated heterocycles. The molecule has 0 aliphatic carbocycles. The number of nitrogens with two attached hydrogens (primary N) is 1. The third-order valence-corrected chi connectivity index (χ3v) is 1.85. The van der Waals surface area contributed by atoms with Crippen LogP contribution in [0.25, 0.3) is 0 Å². The van der Waals surface area contributed by atoms with Crippen molar-refractivity contribution in [2.45, 2.75) is 18.9 Å². The van der Waals surface area contributed by atoms with Crippen LogP contribution in [0.15, 0.2) is 0 Å². The standard InChI is InChI=1S/C6H12N2O.ClH/c1-8-4-2-3-5(8)6(7)9;/h5H,2-4H2,1H3,(H2,7,9);1H. The summed E-state index contributed by atoms with van der Waals surface area (Å²) >= 11 is 0. The smallest absolute Gasteiger partial charge is 0.234 e. The SMILES string of the molecule is CN1CCCC1C(N)=O.Cl. The molecular formula is C6H13ClN2O. The van der Waals surface area contributed by atoms with Gasteiger partial charge in [-0.25, -0.2) is 0 Å². The molecule has 10 heavy (non-hydrogen) atoms. The van der Waals surface area contributed by atoms with Crippen LogP contribution in [0.5, 0.6) is 0 Å². The average molecular weight is 165 g/mol. The predicted octanol–water partition coefficient (Wildman–Crippen LogP) is -0.0123. The number of likely N-dealkylation sites (tertiary alicyclic amines) is 1. The largest absolute Gasteiger partial charge is 0.368 e. The van der Waals surface area contributed by atoms with Gasteiger partial charge in [-0.1, -0.05) is 0 Å². The fraction of sp³-hybridized carbons (Fsp3) is 0.833. The first-order valence-electron chi connectivity index (χ1n) is 3.21. The Bertz CT molecular complexity index is 129. The van der Waals surface area contributed by atoms with Crippen LogP contribution >= 0.6 is 12.4 Å². The Morgan fingerprint density at radius 2 is 2.30 bits per heavy atom. The van der Waals surface area contributed by atoms with Crippen molar-refractivity contribution in [1.29, 1.82) is 0 Å². The van der Waals surface area contributed by atoms with Crippen molar-refractivity contribution >= 4 is 18.3 Å². The molecule has 1 unspecified atom stereocenters. The lowest BCUT2D eigenvalue weighted by Gasteiger charge is -2.14. The summed E-state index contributed by atoms with van der Waals surface area (Å²) in [4.78, 5) is 12.6. The van der Waals surface area contributed by atoms with Crippen molar-refractivity contribution in [1.82, 2.24) is 4.90 Å². The molecule has 1 amide bonds. The second-order valence-electron chi connectivity index (χ2n) is 2.54. The van der Waals surface area contributed by atoms with Gasteiger partial charge in [0.15, 0.2) is 0 Å². The predicted molar refractivity (Wildman–Crippen MR) is 42.1 cm³/mol. The van der Waals surface area contributed by atoms with Gasteiger partial charge in [-0.3, -0.25) is 9.69 Å². The van der Waals surface area contributed by atoms with Gasteiger partial charge >= 0.3 is 0 Å². The first kappa shape index (κ1) is 9.72. The summed E-state index contributed by atoms with van der Waals surface area (Å²) < 4.78 is 0. The highest BCUT2D eigenvalue weighted by Gasteiger charge is 2.24. The van der Waals surface area contributed by atoms with E-state index in [1.807, 2.05) is 11.9 Å². The lowest BCUT2D eigenvalue weighted by molar-refractivity contribution is -0.121. The number of hydrogen-bond donors (Lipinski definition) is 1. The van der Waals surface area contributed by atoms with Gasteiger partial charge < -0.3 is 5.73 Å². The van der Waals surface area contributed by atoms with E-state index in [-0.39, 0.29) is 24.4 Å². The molecule has 4 heteroatoms. The lowest BCUT2D eigenvalue weighted by atomic mass is 10.2. The van der Waals surface area contributed by atoms with Gasteiger partial charge in [0.05, 0.1) is 6.04 Å². The maximum absolute atomic E-state index is 10.6. The Balaban J connectivity index is 0.000000810. The molecule has 1 aliphatic rings. The number of amides is 1. The van der Waals surface area contributed by atoms with Crippen LogP contribution in [0.1, 0.15) is 12.8 Å². The summed E-state index contributed by atoms with van der Waals surface area (Å²) in [6, 6.07) is 0.00463. The van der Waals surface area contributed by atoms with Crippen LogP contribution in [0, 0.1) is 0 Å². The summed E-state index contributed by atoms with van der Waals surface area (Å²) in [5.41, 5.74) is 5.11. The number of primary amides is 1. The first-order chi connectivity index (χ1) is 4.22. The zero-order chi connectivity index (χ0) is 6.85. The first-order valence-corrected chi connectivity index (χ1v) is 3.21. The van der Waals surface area contributed by atoms with E-state index in [4.69, 9.17) is 5.73 Å². The molecule has 1 aliphatic heterocycles. The molecular weight excluding hydrogens is 152 g/mol. The average Bonchev–Trinajstić information content (AvgIpc) is 2.13. The van der Waals surface area contributed by atoms with Gasteiger partial charge in [0.25, 0.3) is 0 Å². The Kier molecular flexibility index (Phi) is 3.68. The number of likely N-dealkylation sites (N-methyl/N-ethyl adjacent to an activating group) is 1. The van der Waals surface area contributed by atoms with Crippen molar-refractivity contribution in [3.8, 4) is 0 Å². The number of carbonyl (C=O) groups is 1. The Morgan fingerprint density at radius 3 is 2.50 bits per heavy atom. The van der Waals surface area contributed by atoms with Gasteiger partial charge in [0.1, 0.15) is 0 Å². The summed E-state index contributed by atoms with van der Waals surface area (Å²) in [5, 5.41) is 0. The molecule has 0 aromatic heterocycles. The van der Waals surface area contributed by atoms with Crippen LogP contribution in [0.2, 0.25) is 0 Å². The highest BCUT2D eigenvalue weighted by molar-refractivity contribution is 5.85. The monoisotopic (exact) mass is 164 g/mol. The topological polar surface area (TPSA) is 46.3 Å². The van der Waals surface area contributed by atoms with E-state index in [0.717, 1.165) is 19.4 Å². The summed E-state index contributed by atoms with van der Waals surface area (Å²) in [7, 11) is 1.93. The molecule has 1 rings (SSSR count). The quantitative estimate of drug-likeness (QED) is 0.593. The summed E-state index contributed by atoms with van der Waals surface area (Å²) in [6.45, 7) is 1.01. The van der Waals surface area contributed by atoms with Crippen LogP contribution in [-0.4, -0.2) is 30.4 Å². The van der Waals surface area contributed by atoms with Crippen LogP contribution < -0.4 is 5.73 Å². The van der Waals surface area contributed by atoms with E-state index in [2.05, 4.69) is 0 Å². The fourth-order valence-corrected chi connectivity index (χ4v) is 1.27. The molecule has 0 bridgehead atoms. The number of rotatable bonds is 1. The molecule has 3 nitrogen and oxygen atoms in total. The highest BCUT2D eigenvalue weighted by atomic mass is 35.5. The molecule has 1 heterocycles. The number of hydrogen-bond acceptors (Lipinski definition) is 2. The third kappa shape index (κ3) is 1.85. The Hall–Kier alpha value is -0.280. The number of halogens is 1. The molecule has 60 valence electrons. The van der Waals surface area contributed by atoms with E-state index < -0.39 is 0 Å². The third-order valence-electron chi connectivity index (χ3n) is 1.85. The Labute approximate surface area is 67.0 Å². The van der Waals surface area contributed by atoms with Crippen LogP contribution in [0.4, 0.5) is 0 Å². The van der Waals surface area contributed by atoms with Gasteiger partial charge in [-0.15, -0.1) is 12.4 Å². The van der Waals surface area contributed by atoms with Crippen molar-refractivity contribution in [2.24, 2.45) is 5.73 Å². The highest BCUT2D eigenvalue weighted by Crippen LogP contribution is 2.13. The van der Waals surface area contributed by atoms with Gasteiger partial charge in [-0.05, 0) is 26.4 Å². The minimum absolute atomic E-state index is 0. The minimum atomic E-state index is -0.185. The Morgan fingerprint density at radius 1 is 1.70 bits per heavy atom.